The first-order valence-electron chi connectivity index (χ1n) is 8.12. The van der Waals surface area contributed by atoms with Crippen LogP contribution in [0.3, 0.4) is 0 Å². The van der Waals surface area contributed by atoms with E-state index in [2.05, 4.69) is 48.2 Å². The Balaban J connectivity index is 1.96. The Morgan fingerprint density at radius 3 is 2.32 bits per heavy atom. The van der Waals surface area contributed by atoms with Gasteiger partial charge in [-0.3, -0.25) is 4.99 Å². The van der Waals surface area contributed by atoms with Crippen LogP contribution in [-0.4, -0.2) is 17.9 Å². The molecule has 0 saturated carbocycles. The minimum atomic E-state index is -0.250. The third kappa shape index (κ3) is 3.94. The highest BCUT2D eigenvalue weighted by Crippen LogP contribution is 2.20. The molecule has 0 bridgehead atoms. The number of nitrogens with zero attached hydrogens (tertiary/aromatic N) is 3. The van der Waals surface area contributed by atoms with E-state index in [9.17, 15) is 4.39 Å². The maximum absolute atomic E-state index is 13.2. The molecule has 3 rings (SSSR count). The maximum Gasteiger partial charge on any atom is 0.205 e. The number of aromatic nitrogens is 1. The molecule has 3 nitrogen and oxygen atoms in total. The largest absolute Gasteiger partial charge is 0.261 e. The van der Waals surface area contributed by atoms with E-state index in [1.807, 2.05) is 11.6 Å². The second kappa shape index (κ2) is 7.57. The van der Waals surface area contributed by atoms with Crippen LogP contribution < -0.4 is 4.80 Å². The van der Waals surface area contributed by atoms with Crippen LogP contribution in [0.5, 0.6) is 0 Å². The Labute approximate surface area is 150 Å². The van der Waals surface area contributed by atoms with E-state index < -0.39 is 0 Å². The predicted molar refractivity (Wildman–Crippen MR) is 103 cm³/mol. The Morgan fingerprint density at radius 2 is 1.72 bits per heavy atom. The highest BCUT2D eigenvalue weighted by molar-refractivity contribution is 7.07. The Bertz CT molecular complexity index is 932. The van der Waals surface area contributed by atoms with Gasteiger partial charge in [0, 0.05) is 18.0 Å². The summed E-state index contributed by atoms with van der Waals surface area (Å²) in [5, 5.41) is 6.58. The van der Waals surface area contributed by atoms with E-state index >= 15 is 0 Å². The number of rotatable bonds is 4. The van der Waals surface area contributed by atoms with Crippen molar-refractivity contribution in [2.24, 2.45) is 10.1 Å². The molecule has 1 aromatic heterocycles. The van der Waals surface area contributed by atoms with Crippen molar-refractivity contribution in [3.05, 3.63) is 75.7 Å². The van der Waals surface area contributed by atoms with Gasteiger partial charge in [0.1, 0.15) is 5.82 Å². The summed E-state index contributed by atoms with van der Waals surface area (Å²) in [5.41, 5.74) is 4.12. The molecule has 0 N–H and O–H groups in total. The van der Waals surface area contributed by atoms with E-state index in [0.29, 0.717) is 5.92 Å². The smallest absolute Gasteiger partial charge is 0.205 e. The summed E-state index contributed by atoms with van der Waals surface area (Å²) in [6.45, 7) is 4.35. The average molecular weight is 353 g/mol. The highest BCUT2D eigenvalue weighted by atomic mass is 32.1. The SMILES string of the molecule is CN=c1scc(-c2ccc(F)cc2)n1/N=C/c1ccc(C(C)C)cc1. The van der Waals surface area contributed by atoms with Crippen LogP contribution in [0.1, 0.15) is 30.9 Å². The van der Waals surface area contributed by atoms with E-state index in [1.54, 1.807) is 23.9 Å². The zero-order valence-electron chi connectivity index (χ0n) is 14.5. The minimum absolute atomic E-state index is 0.250. The van der Waals surface area contributed by atoms with Crippen LogP contribution in [0.4, 0.5) is 4.39 Å². The molecule has 0 aliphatic carbocycles. The Hall–Kier alpha value is -2.53. The van der Waals surface area contributed by atoms with Crippen LogP contribution in [-0.2, 0) is 0 Å². The van der Waals surface area contributed by atoms with Crippen molar-refractivity contribution >= 4 is 17.6 Å². The zero-order chi connectivity index (χ0) is 17.8. The molecule has 0 saturated heterocycles. The topological polar surface area (TPSA) is 29.6 Å². The van der Waals surface area contributed by atoms with Crippen LogP contribution >= 0.6 is 11.3 Å². The van der Waals surface area contributed by atoms with Gasteiger partial charge in [-0.1, -0.05) is 38.1 Å². The van der Waals surface area contributed by atoms with E-state index in [-0.39, 0.29) is 5.82 Å². The van der Waals surface area contributed by atoms with E-state index in [4.69, 9.17) is 0 Å². The number of hydrogen-bond donors (Lipinski definition) is 0. The number of thiazole rings is 1. The summed E-state index contributed by atoms with van der Waals surface area (Å²) in [4.78, 5) is 5.06. The fraction of sp³-hybridized carbons (Fsp3) is 0.200. The van der Waals surface area contributed by atoms with Gasteiger partial charge in [0.05, 0.1) is 11.9 Å². The van der Waals surface area contributed by atoms with Crippen molar-refractivity contribution in [3.8, 4) is 11.3 Å². The van der Waals surface area contributed by atoms with E-state index in [0.717, 1.165) is 21.6 Å². The van der Waals surface area contributed by atoms with Gasteiger partial charge < -0.3 is 0 Å². The first-order valence-corrected chi connectivity index (χ1v) is 9.00. The third-order valence-corrected chi connectivity index (χ3v) is 4.85. The van der Waals surface area contributed by atoms with Crippen LogP contribution in [0.25, 0.3) is 11.3 Å². The first kappa shape index (κ1) is 17.3. The van der Waals surface area contributed by atoms with Gasteiger partial charge in [-0.05, 0) is 41.3 Å². The monoisotopic (exact) mass is 353 g/mol. The van der Waals surface area contributed by atoms with Gasteiger partial charge in [0.15, 0.2) is 0 Å². The van der Waals surface area contributed by atoms with E-state index in [1.165, 1.54) is 29.0 Å². The fourth-order valence-electron chi connectivity index (χ4n) is 2.47. The van der Waals surface area contributed by atoms with Crippen LogP contribution in [0, 0.1) is 5.82 Å². The standard InChI is InChI=1S/C20H20FN3S/c1-14(2)16-6-4-15(5-7-16)12-23-24-19(13-25-20(24)22-3)17-8-10-18(21)11-9-17/h4-14H,1-3H3/b22-20?,23-12+. The number of halogens is 1. The summed E-state index contributed by atoms with van der Waals surface area (Å²) in [6.07, 6.45) is 1.82. The summed E-state index contributed by atoms with van der Waals surface area (Å²) >= 11 is 1.51. The normalized spacial score (nSPS) is 12.4. The van der Waals surface area contributed by atoms with Gasteiger partial charge in [0.2, 0.25) is 4.80 Å². The molecule has 0 fully saturated rings. The van der Waals surface area contributed by atoms with Crippen LogP contribution in [0.2, 0.25) is 0 Å². The van der Waals surface area contributed by atoms with Crippen LogP contribution in [0.15, 0.2) is 64.0 Å². The second-order valence-corrected chi connectivity index (χ2v) is 6.85. The first-order chi connectivity index (χ1) is 12.1. The van der Waals surface area contributed by atoms with Gasteiger partial charge in [0.25, 0.3) is 0 Å². The maximum atomic E-state index is 13.2. The molecule has 2 aromatic carbocycles. The lowest BCUT2D eigenvalue weighted by molar-refractivity contribution is 0.628. The molecule has 0 radical (unpaired) electrons. The lowest BCUT2D eigenvalue weighted by Gasteiger charge is -2.05. The van der Waals surface area contributed by atoms with Crippen molar-refractivity contribution in [1.29, 1.82) is 0 Å². The molecule has 0 unspecified atom stereocenters. The molecular formula is C20H20FN3S. The molecular weight excluding hydrogens is 333 g/mol. The molecule has 0 aliphatic rings. The molecule has 128 valence electrons. The quantitative estimate of drug-likeness (QED) is 0.598. The Morgan fingerprint density at radius 1 is 1.04 bits per heavy atom. The van der Waals surface area contributed by atoms with Gasteiger partial charge in [-0.15, -0.1) is 11.3 Å². The number of benzene rings is 2. The fourth-order valence-corrected chi connectivity index (χ4v) is 3.28. The number of hydrogen-bond acceptors (Lipinski definition) is 3. The van der Waals surface area contributed by atoms with Crippen molar-refractivity contribution in [2.75, 3.05) is 7.05 Å². The molecule has 25 heavy (non-hydrogen) atoms. The van der Waals surface area contributed by atoms with Gasteiger partial charge >= 0.3 is 0 Å². The Kier molecular flexibility index (Phi) is 5.24. The molecule has 3 aromatic rings. The predicted octanol–water partition coefficient (Wildman–Crippen LogP) is 4.89. The molecule has 0 spiro atoms. The van der Waals surface area contributed by atoms with Crippen molar-refractivity contribution in [2.45, 2.75) is 19.8 Å². The van der Waals surface area contributed by atoms with Gasteiger partial charge in [-0.2, -0.15) is 5.10 Å². The zero-order valence-corrected chi connectivity index (χ0v) is 15.3. The lowest BCUT2D eigenvalue weighted by atomic mass is 10.0. The molecule has 1 heterocycles. The average Bonchev–Trinajstić information content (AvgIpc) is 3.04. The summed E-state index contributed by atoms with van der Waals surface area (Å²) < 4.78 is 15.0. The summed E-state index contributed by atoms with van der Waals surface area (Å²) in [7, 11) is 1.74. The molecule has 0 atom stereocenters. The molecule has 5 heteroatoms. The lowest BCUT2D eigenvalue weighted by Crippen LogP contribution is -2.11. The summed E-state index contributed by atoms with van der Waals surface area (Å²) in [5.74, 6) is 0.257. The highest BCUT2D eigenvalue weighted by Gasteiger charge is 2.07. The molecule has 0 aliphatic heterocycles. The third-order valence-electron chi connectivity index (χ3n) is 3.94. The van der Waals surface area contributed by atoms with Crippen molar-refractivity contribution < 1.29 is 4.39 Å². The second-order valence-electron chi connectivity index (χ2n) is 6.01. The van der Waals surface area contributed by atoms with Crippen molar-refractivity contribution in [1.82, 2.24) is 4.68 Å². The minimum Gasteiger partial charge on any atom is -0.261 e. The van der Waals surface area contributed by atoms with Crippen molar-refractivity contribution in [3.63, 3.8) is 0 Å². The van der Waals surface area contributed by atoms with Gasteiger partial charge in [-0.25, -0.2) is 9.07 Å². The molecule has 0 amide bonds. The summed E-state index contributed by atoms with van der Waals surface area (Å²) in [6, 6.07) is 14.8.